The molecular formula is C12H20N4O3. The van der Waals surface area contributed by atoms with Gasteiger partial charge in [-0.05, 0) is 21.0 Å². The fourth-order valence-corrected chi connectivity index (χ4v) is 1.74. The lowest BCUT2D eigenvalue weighted by molar-refractivity contribution is 0.0456. The monoisotopic (exact) mass is 268 g/mol. The number of esters is 1. The molecule has 1 aromatic rings. The number of rotatable bonds is 6. The number of aromatic nitrogens is 2. The minimum Gasteiger partial charge on any atom is -0.465 e. The lowest BCUT2D eigenvalue weighted by atomic mass is 10.1. The van der Waals surface area contributed by atoms with Crippen LogP contribution < -0.4 is 5.32 Å². The van der Waals surface area contributed by atoms with Gasteiger partial charge in [0.1, 0.15) is 17.7 Å². The van der Waals surface area contributed by atoms with E-state index in [2.05, 4.69) is 20.0 Å². The van der Waals surface area contributed by atoms with Crippen LogP contribution in [0.3, 0.4) is 0 Å². The summed E-state index contributed by atoms with van der Waals surface area (Å²) in [7, 11) is 5.04. The van der Waals surface area contributed by atoms with Crippen LogP contribution in [-0.4, -0.2) is 65.8 Å². The Hall–Kier alpha value is -1.73. The van der Waals surface area contributed by atoms with Crippen LogP contribution in [0, 0.1) is 0 Å². The molecule has 0 radical (unpaired) electrons. The summed E-state index contributed by atoms with van der Waals surface area (Å²) in [5.74, 6) is -0.170. The molecule has 0 spiro atoms. The van der Waals surface area contributed by atoms with E-state index in [1.165, 1.54) is 19.6 Å². The van der Waals surface area contributed by atoms with Gasteiger partial charge in [-0.1, -0.05) is 0 Å². The van der Waals surface area contributed by atoms with Crippen molar-refractivity contribution in [3.8, 4) is 0 Å². The van der Waals surface area contributed by atoms with Crippen molar-refractivity contribution in [3.05, 3.63) is 18.1 Å². The van der Waals surface area contributed by atoms with E-state index in [0.29, 0.717) is 12.4 Å². The molecule has 0 aliphatic carbocycles. The maximum atomic E-state index is 11.5. The van der Waals surface area contributed by atoms with Gasteiger partial charge in [0, 0.05) is 19.3 Å². The minimum atomic E-state index is -0.943. The van der Waals surface area contributed by atoms with Crippen LogP contribution in [0.2, 0.25) is 0 Å². The standard InChI is InChI=1S/C12H20N4O3/c1-12(18,7-16(2)3)6-14-10-9(11(17)19-4)5-13-8-15-10/h5,8,18H,6-7H2,1-4H3,(H,13,14,15). The van der Waals surface area contributed by atoms with Gasteiger partial charge >= 0.3 is 5.97 Å². The first-order valence-electron chi connectivity index (χ1n) is 5.85. The third-order valence-electron chi connectivity index (χ3n) is 2.41. The Bertz CT molecular complexity index is 435. The molecule has 19 heavy (non-hydrogen) atoms. The molecule has 106 valence electrons. The predicted molar refractivity (Wildman–Crippen MR) is 71.0 cm³/mol. The quantitative estimate of drug-likeness (QED) is 0.701. The molecule has 0 aromatic carbocycles. The van der Waals surface area contributed by atoms with Crippen LogP contribution in [0.25, 0.3) is 0 Å². The van der Waals surface area contributed by atoms with E-state index in [1.807, 2.05) is 19.0 Å². The maximum Gasteiger partial charge on any atom is 0.343 e. The highest BCUT2D eigenvalue weighted by Gasteiger charge is 2.22. The first kappa shape index (κ1) is 15.3. The number of ether oxygens (including phenoxy) is 1. The van der Waals surface area contributed by atoms with Crippen LogP contribution in [0.15, 0.2) is 12.5 Å². The van der Waals surface area contributed by atoms with Gasteiger partial charge in [-0.25, -0.2) is 14.8 Å². The average molecular weight is 268 g/mol. The molecule has 0 bridgehead atoms. The van der Waals surface area contributed by atoms with Gasteiger partial charge in [0.2, 0.25) is 0 Å². The summed E-state index contributed by atoms with van der Waals surface area (Å²) in [6.07, 6.45) is 2.71. The smallest absolute Gasteiger partial charge is 0.343 e. The largest absolute Gasteiger partial charge is 0.465 e. The second-order valence-corrected chi connectivity index (χ2v) is 4.86. The molecule has 7 nitrogen and oxygen atoms in total. The van der Waals surface area contributed by atoms with Crippen LogP contribution in [0.4, 0.5) is 5.82 Å². The van der Waals surface area contributed by atoms with Crippen molar-refractivity contribution in [2.24, 2.45) is 0 Å². The molecule has 0 aliphatic heterocycles. The molecule has 1 unspecified atom stereocenters. The summed E-state index contributed by atoms with van der Waals surface area (Å²) in [5, 5.41) is 13.1. The van der Waals surface area contributed by atoms with Crippen molar-refractivity contribution in [2.75, 3.05) is 39.6 Å². The van der Waals surface area contributed by atoms with Crippen LogP contribution in [-0.2, 0) is 4.74 Å². The molecule has 1 aromatic heterocycles. The molecule has 1 atom stereocenters. The van der Waals surface area contributed by atoms with Crippen molar-refractivity contribution in [1.29, 1.82) is 0 Å². The van der Waals surface area contributed by atoms with Gasteiger partial charge in [0.05, 0.1) is 12.7 Å². The molecule has 2 N–H and O–H groups in total. The number of nitrogens with zero attached hydrogens (tertiary/aromatic N) is 3. The highest BCUT2D eigenvalue weighted by molar-refractivity contribution is 5.94. The fraction of sp³-hybridized carbons (Fsp3) is 0.583. The van der Waals surface area contributed by atoms with Crippen LogP contribution in [0.1, 0.15) is 17.3 Å². The fourth-order valence-electron chi connectivity index (χ4n) is 1.74. The van der Waals surface area contributed by atoms with E-state index < -0.39 is 11.6 Å². The number of aliphatic hydroxyl groups is 1. The van der Waals surface area contributed by atoms with E-state index >= 15 is 0 Å². The number of anilines is 1. The van der Waals surface area contributed by atoms with E-state index in [-0.39, 0.29) is 12.1 Å². The van der Waals surface area contributed by atoms with Gasteiger partial charge in [-0.3, -0.25) is 0 Å². The van der Waals surface area contributed by atoms with Crippen molar-refractivity contribution < 1.29 is 14.6 Å². The first-order chi connectivity index (χ1) is 8.85. The minimum absolute atomic E-state index is 0.241. The maximum absolute atomic E-state index is 11.5. The summed E-state index contributed by atoms with van der Waals surface area (Å²) in [5.41, 5.74) is -0.701. The number of hydrogen-bond donors (Lipinski definition) is 2. The Balaban J connectivity index is 2.75. The predicted octanol–water partition coefficient (Wildman–Crippen LogP) is -0.0123. The molecule has 7 heteroatoms. The summed E-state index contributed by atoms with van der Waals surface area (Å²) >= 11 is 0. The second kappa shape index (κ2) is 6.44. The Morgan fingerprint density at radius 3 is 2.84 bits per heavy atom. The molecule has 0 amide bonds. The molecule has 0 aliphatic rings. The highest BCUT2D eigenvalue weighted by Crippen LogP contribution is 2.13. The van der Waals surface area contributed by atoms with Crippen LogP contribution >= 0.6 is 0 Å². The summed E-state index contributed by atoms with van der Waals surface area (Å²) in [4.78, 5) is 21.2. The van der Waals surface area contributed by atoms with Gasteiger partial charge in [0.15, 0.2) is 0 Å². The van der Waals surface area contributed by atoms with Gasteiger partial charge < -0.3 is 20.1 Å². The number of methoxy groups -OCH3 is 1. The Labute approximate surface area is 112 Å². The number of likely N-dealkylation sites (N-methyl/N-ethyl adjacent to an activating group) is 1. The van der Waals surface area contributed by atoms with E-state index in [9.17, 15) is 9.90 Å². The number of carbonyl (C=O) groups is 1. The highest BCUT2D eigenvalue weighted by atomic mass is 16.5. The van der Waals surface area contributed by atoms with E-state index in [0.717, 1.165) is 0 Å². The summed E-state index contributed by atoms with van der Waals surface area (Å²) in [6, 6.07) is 0. The number of carbonyl (C=O) groups excluding carboxylic acids is 1. The zero-order valence-corrected chi connectivity index (χ0v) is 11.7. The van der Waals surface area contributed by atoms with Crippen molar-refractivity contribution in [2.45, 2.75) is 12.5 Å². The first-order valence-corrected chi connectivity index (χ1v) is 5.85. The lowest BCUT2D eigenvalue weighted by Crippen LogP contribution is -2.43. The molecule has 0 saturated carbocycles. The molecule has 1 heterocycles. The van der Waals surface area contributed by atoms with Crippen molar-refractivity contribution in [1.82, 2.24) is 14.9 Å². The molecule has 0 saturated heterocycles. The third-order valence-corrected chi connectivity index (χ3v) is 2.41. The van der Waals surface area contributed by atoms with E-state index in [4.69, 9.17) is 0 Å². The Morgan fingerprint density at radius 1 is 1.58 bits per heavy atom. The van der Waals surface area contributed by atoms with Crippen LogP contribution in [0.5, 0.6) is 0 Å². The van der Waals surface area contributed by atoms with Gasteiger partial charge in [-0.2, -0.15) is 0 Å². The molecular weight excluding hydrogens is 248 g/mol. The van der Waals surface area contributed by atoms with Gasteiger partial charge in [0.25, 0.3) is 0 Å². The summed E-state index contributed by atoms with van der Waals surface area (Å²) < 4.78 is 4.64. The SMILES string of the molecule is COC(=O)c1cncnc1NCC(C)(O)CN(C)C. The Kier molecular flexibility index (Phi) is 5.20. The lowest BCUT2D eigenvalue weighted by Gasteiger charge is -2.27. The second-order valence-electron chi connectivity index (χ2n) is 4.86. The van der Waals surface area contributed by atoms with Crippen molar-refractivity contribution >= 4 is 11.8 Å². The number of nitrogens with one attached hydrogen (secondary N) is 1. The molecule has 1 rings (SSSR count). The van der Waals surface area contributed by atoms with Gasteiger partial charge in [-0.15, -0.1) is 0 Å². The van der Waals surface area contributed by atoms with E-state index in [1.54, 1.807) is 6.92 Å². The zero-order chi connectivity index (χ0) is 14.5. The van der Waals surface area contributed by atoms with Crippen molar-refractivity contribution in [3.63, 3.8) is 0 Å². The summed E-state index contributed by atoms with van der Waals surface area (Å²) in [6.45, 7) is 2.45. The number of hydrogen-bond acceptors (Lipinski definition) is 7. The average Bonchev–Trinajstić information content (AvgIpc) is 2.34. The normalized spacial score (nSPS) is 14.0. The topological polar surface area (TPSA) is 87.6 Å². The third kappa shape index (κ3) is 4.80. The molecule has 0 fully saturated rings. The Morgan fingerprint density at radius 2 is 2.26 bits per heavy atom. The zero-order valence-electron chi connectivity index (χ0n) is 11.7.